The fourth-order valence-corrected chi connectivity index (χ4v) is 1.84. The Bertz CT molecular complexity index is 222. The lowest BCUT2D eigenvalue weighted by atomic mass is 9.72. The molecule has 0 N–H and O–H groups in total. The SMILES string of the molecule is C=CC1(C)C=CC=CC1CCCC. The smallest absolute Gasteiger partial charge is 0.00959 e. The fourth-order valence-electron chi connectivity index (χ4n) is 1.84. The quantitative estimate of drug-likeness (QED) is 0.565. The molecule has 0 radical (unpaired) electrons. The van der Waals surface area contributed by atoms with Gasteiger partial charge in [0.25, 0.3) is 0 Å². The van der Waals surface area contributed by atoms with Crippen molar-refractivity contribution in [3.63, 3.8) is 0 Å². The fraction of sp³-hybridized carbons (Fsp3) is 0.538. The summed E-state index contributed by atoms with van der Waals surface area (Å²) in [4.78, 5) is 0. The van der Waals surface area contributed by atoms with Gasteiger partial charge < -0.3 is 0 Å². The molecule has 0 amide bonds. The maximum Gasteiger partial charge on any atom is 0.00959 e. The molecule has 0 bridgehead atoms. The van der Waals surface area contributed by atoms with Crippen LogP contribution in [0.25, 0.3) is 0 Å². The van der Waals surface area contributed by atoms with E-state index in [1.54, 1.807) is 0 Å². The molecule has 0 saturated heterocycles. The summed E-state index contributed by atoms with van der Waals surface area (Å²) in [5.41, 5.74) is 0.184. The lowest BCUT2D eigenvalue weighted by Gasteiger charge is -2.32. The molecule has 0 saturated carbocycles. The van der Waals surface area contributed by atoms with Crippen LogP contribution >= 0.6 is 0 Å². The van der Waals surface area contributed by atoms with Gasteiger partial charge in [-0.25, -0.2) is 0 Å². The van der Waals surface area contributed by atoms with Crippen LogP contribution in [0.5, 0.6) is 0 Å². The largest absolute Gasteiger partial charge is 0.102 e. The van der Waals surface area contributed by atoms with Crippen molar-refractivity contribution in [1.82, 2.24) is 0 Å². The highest BCUT2D eigenvalue weighted by molar-refractivity contribution is 5.23. The topological polar surface area (TPSA) is 0 Å². The second kappa shape index (κ2) is 4.45. The standard InChI is InChI=1S/C13H20/c1-4-6-9-12-10-7-8-11-13(12,3)5-2/h5,7-8,10-12H,2,4,6,9H2,1,3H3. The van der Waals surface area contributed by atoms with Crippen LogP contribution in [0, 0.1) is 11.3 Å². The zero-order valence-corrected chi connectivity index (χ0v) is 8.79. The van der Waals surface area contributed by atoms with E-state index in [1.165, 1.54) is 19.3 Å². The normalized spacial score (nSPS) is 32.0. The van der Waals surface area contributed by atoms with E-state index in [2.05, 4.69) is 50.8 Å². The minimum Gasteiger partial charge on any atom is -0.102 e. The molecular formula is C13H20. The highest BCUT2D eigenvalue weighted by atomic mass is 14.3. The van der Waals surface area contributed by atoms with Crippen LogP contribution in [0.3, 0.4) is 0 Å². The Morgan fingerprint density at radius 1 is 1.46 bits per heavy atom. The molecule has 1 aliphatic carbocycles. The minimum atomic E-state index is 0.184. The molecule has 1 rings (SSSR count). The highest BCUT2D eigenvalue weighted by Gasteiger charge is 2.27. The van der Waals surface area contributed by atoms with Gasteiger partial charge in [0.1, 0.15) is 0 Å². The van der Waals surface area contributed by atoms with Crippen molar-refractivity contribution < 1.29 is 0 Å². The molecule has 72 valence electrons. The van der Waals surface area contributed by atoms with E-state index in [9.17, 15) is 0 Å². The van der Waals surface area contributed by atoms with Crippen molar-refractivity contribution >= 4 is 0 Å². The predicted octanol–water partition coefficient (Wildman–Crippen LogP) is 4.11. The number of unbranched alkanes of at least 4 members (excludes halogenated alkanes) is 1. The molecule has 0 heteroatoms. The maximum absolute atomic E-state index is 3.93. The molecule has 13 heavy (non-hydrogen) atoms. The van der Waals surface area contributed by atoms with E-state index < -0.39 is 0 Å². The Morgan fingerprint density at radius 3 is 2.85 bits per heavy atom. The number of allylic oxidation sites excluding steroid dienone is 5. The molecule has 0 spiro atoms. The molecule has 0 aromatic heterocycles. The summed E-state index contributed by atoms with van der Waals surface area (Å²) >= 11 is 0. The van der Waals surface area contributed by atoms with Crippen molar-refractivity contribution in [2.45, 2.75) is 33.1 Å². The minimum absolute atomic E-state index is 0.184. The van der Waals surface area contributed by atoms with E-state index in [0.717, 1.165) is 0 Å². The first kappa shape index (κ1) is 10.3. The van der Waals surface area contributed by atoms with Crippen molar-refractivity contribution in [2.24, 2.45) is 11.3 Å². The van der Waals surface area contributed by atoms with Gasteiger partial charge in [-0.3, -0.25) is 0 Å². The van der Waals surface area contributed by atoms with Crippen molar-refractivity contribution in [1.29, 1.82) is 0 Å². The van der Waals surface area contributed by atoms with E-state index in [1.807, 2.05) is 0 Å². The van der Waals surface area contributed by atoms with Gasteiger partial charge in [-0.05, 0) is 12.3 Å². The highest BCUT2D eigenvalue weighted by Crippen LogP contribution is 2.37. The van der Waals surface area contributed by atoms with Crippen LogP contribution in [0.4, 0.5) is 0 Å². The zero-order valence-electron chi connectivity index (χ0n) is 8.79. The summed E-state index contributed by atoms with van der Waals surface area (Å²) in [6.45, 7) is 8.44. The average Bonchev–Trinajstić information content (AvgIpc) is 2.17. The summed E-state index contributed by atoms with van der Waals surface area (Å²) < 4.78 is 0. The third-order valence-electron chi connectivity index (χ3n) is 3.02. The Morgan fingerprint density at radius 2 is 2.23 bits per heavy atom. The van der Waals surface area contributed by atoms with Crippen LogP contribution in [0.15, 0.2) is 37.0 Å². The van der Waals surface area contributed by atoms with E-state index >= 15 is 0 Å². The summed E-state index contributed by atoms with van der Waals surface area (Å²) in [7, 11) is 0. The third-order valence-corrected chi connectivity index (χ3v) is 3.02. The summed E-state index contributed by atoms with van der Waals surface area (Å²) in [6, 6.07) is 0. The van der Waals surface area contributed by atoms with Crippen molar-refractivity contribution in [2.75, 3.05) is 0 Å². The lowest BCUT2D eigenvalue weighted by Crippen LogP contribution is -2.22. The molecule has 0 fully saturated rings. The Kier molecular flexibility index (Phi) is 3.53. The molecule has 0 aromatic carbocycles. The van der Waals surface area contributed by atoms with Crippen LogP contribution in [-0.2, 0) is 0 Å². The summed E-state index contributed by atoms with van der Waals surface area (Å²) in [5.74, 6) is 0.648. The van der Waals surface area contributed by atoms with Gasteiger partial charge in [0, 0.05) is 5.41 Å². The lowest BCUT2D eigenvalue weighted by molar-refractivity contribution is 0.358. The van der Waals surface area contributed by atoms with Gasteiger partial charge in [0.15, 0.2) is 0 Å². The van der Waals surface area contributed by atoms with Crippen molar-refractivity contribution in [3.8, 4) is 0 Å². The third kappa shape index (κ3) is 2.33. The molecule has 0 nitrogen and oxygen atoms in total. The molecular weight excluding hydrogens is 156 g/mol. The number of rotatable bonds is 4. The second-order valence-corrected chi connectivity index (χ2v) is 4.06. The predicted molar refractivity (Wildman–Crippen MR) is 59.6 cm³/mol. The van der Waals surface area contributed by atoms with Gasteiger partial charge >= 0.3 is 0 Å². The molecule has 0 aromatic rings. The average molecular weight is 176 g/mol. The monoisotopic (exact) mass is 176 g/mol. The molecule has 0 aliphatic heterocycles. The van der Waals surface area contributed by atoms with Crippen LogP contribution in [0.2, 0.25) is 0 Å². The van der Waals surface area contributed by atoms with E-state index in [-0.39, 0.29) is 5.41 Å². The van der Waals surface area contributed by atoms with Gasteiger partial charge in [-0.2, -0.15) is 0 Å². The van der Waals surface area contributed by atoms with Gasteiger partial charge in [0.2, 0.25) is 0 Å². The van der Waals surface area contributed by atoms with E-state index in [4.69, 9.17) is 0 Å². The van der Waals surface area contributed by atoms with Crippen LogP contribution < -0.4 is 0 Å². The molecule has 2 atom stereocenters. The second-order valence-electron chi connectivity index (χ2n) is 4.06. The Balaban J connectivity index is 2.65. The molecule has 1 aliphatic rings. The van der Waals surface area contributed by atoms with E-state index in [0.29, 0.717) is 5.92 Å². The molecule has 0 heterocycles. The maximum atomic E-state index is 3.93. The molecule has 2 unspecified atom stereocenters. The number of hydrogen-bond acceptors (Lipinski definition) is 0. The first-order chi connectivity index (χ1) is 6.23. The summed E-state index contributed by atoms with van der Waals surface area (Å²) in [5, 5.41) is 0. The van der Waals surface area contributed by atoms with Crippen molar-refractivity contribution in [3.05, 3.63) is 37.0 Å². The Hall–Kier alpha value is -0.780. The van der Waals surface area contributed by atoms with Crippen LogP contribution in [0.1, 0.15) is 33.1 Å². The van der Waals surface area contributed by atoms with Gasteiger partial charge in [-0.15, -0.1) is 6.58 Å². The Labute approximate surface area is 82.0 Å². The summed E-state index contributed by atoms with van der Waals surface area (Å²) in [6.07, 6.45) is 14.8. The first-order valence-electron chi connectivity index (χ1n) is 5.22. The van der Waals surface area contributed by atoms with Gasteiger partial charge in [-0.1, -0.05) is 57.1 Å². The van der Waals surface area contributed by atoms with Crippen LogP contribution in [-0.4, -0.2) is 0 Å². The first-order valence-corrected chi connectivity index (χ1v) is 5.22. The van der Waals surface area contributed by atoms with Gasteiger partial charge in [0.05, 0.1) is 0 Å². The zero-order chi connectivity index (χ0) is 9.73. The number of hydrogen-bond donors (Lipinski definition) is 0.